The average Bonchev–Trinajstić information content (AvgIpc) is 1.74. The van der Waals surface area contributed by atoms with Crippen molar-refractivity contribution < 1.29 is 67.1 Å². The smallest absolute Gasteiger partial charge is 0.245 e. The zero-order valence-electron chi connectivity index (χ0n) is 56.6. The zero-order chi connectivity index (χ0) is 73.4. The monoisotopic (exact) mass is 1420 g/mol. The lowest BCUT2D eigenvalue weighted by atomic mass is 9.99. The van der Waals surface area contributed by atoms with Crippen molar-refractivity contribution in [1.29, 1.82) is 0 Å². The molecule has 2 bridgehead atoms. The highest BCUT2D eigenvalue weighted by Crippen LogP contribution is 2.22. The van der Waals surface area contributed by atoms with Crippen LogP contribution in [0.3, 0.4) is 0 Å². The number of nitrogens with two attached hydrogens (primary N) is 3. The summed E-state index contributed by atoms with van der Waals surface area (Å²) in [5.74, 6) is -13.5. The number of carbonyl (C=O) groups excluding carboxylic acids is 14. The number of rotatable bonds is 20. The topological polar surface area (TPSA) is 481 Å². The molecule has 33 heteroatoms. The number of halogens is 1. The first kappa shape index (κ1) is 77.6. The van der Waals surface area contributed by atoms with Gasteiger partial charge in [0.1, 0.15) is 60.4 Å². The number of guanidine groups is 1. The lowest BCUT2D eigenvalue weighted by molar-refractivity contribution is -0.142. The van der Waals surface area contributed by atoms with Gasteiger partial charge in [-0.25, -0.2) is 0 Å². The van der Waals surface area contributed by atoms with Gasteiger partial charge in [0.2, 0.25) is 82.7 Å². The third kappa shape index (κ3) is 24.0. The van der Waals surface area contributed by atoms with E-state index in [2.05, 4.69) is 68.5 Å². The predicted molar refractivity (Wildman–Crippen MR) is 369 cm³/mol. The van der Waals surface area contributed by atoms with E-state index in [0.717, 1.165) is 15.7 Å². The van der Waals surface area contributed by atoms with E-state index in [-0.39, 0.29) is 89.3 Å². The van der Waals surface area contributed by atoms with Crippen molar-refractivity contribution in [3.8, 4) is 0 Å². The van der Waals surface area contributed by atoms with Crippen molar-refractivity contribution in [3.63, 3.8) is 0 Å². The van der Waals surface area contributed by atoms with Crippen LogP contribution in [0.25, 0.3) is 10.8 Å². The van der Waals surface area contributed by atoms with Crippen LogP contribution >= 0.6 is 11.6 Å². The molecule has 7 rings (SSSR count). The van der Waals surface area contributed by atoms with Crippen molar-refractivity contribution in [1.82, 2.24) is 73.3 Å². The van der Waals surface area contributed by atoms with Crippen LogP contribution in [0, 0.1) is 5.92 Å². The Bertz CT molecular complexity index is 3730. The van der Waals surface area contributed by atoms with E-state index >= 15 is 14.4 Å². The van der Waals surface area contributed by atoms with E-state index in [4.69, 9.17) is 28.8 Å². The number of pyridine rings is 1. The van der Waals surface area contributed by atoms with E-state index in [1.165, 1.54) is 31.3 Å². The van der Waals surface area contributed by atoms with Crippen molar-refractivity contribution in [3.05, 3.63) is 113 Å². The van der Waals surface area contributed by atoms with E-state index in [9.17, 15) is 52.7 Å². The molecule has 0 aliphatic carbocycles. The number of amides is 14. The van der Waals surface area contributed by atoms with Crippen molar-refractivity contribution in [2.45, 2.75) is 158 Å². The quantitative estimate of drug-likeness (QED) is 0.0183. The number of carbonyl (C=O) groups is 14. The van der Waals surface area contributed by atoms with Gasteiger partial charge in [0.05, 0.1) is 13.0 Å². The molecule has 17 N–H and O–H groups in total. The van der Waals surface area contributed by atoms with Gasteiger partial charge in [0, 0.05) is 83.3 Å². The van der Waals surface area contributed by atoms with E-state index < -0.39 is 175 Å². The van der Waals surface area contributed by atoms with Gasteiger partial charge >= 0.3 is 0 Å². The first-order chi connectivity index (χ1) is 48.1. The molecule has 0 radical (unpaired) electrons. The van der Waals surface area contributed by atoms with Crippen molar-refractivity contribution in [2.75, 3.05) is 39.8 Å². The molecule has 3 aliphatic heterocycles. The number of likely N-dealkylation sites (N-methyl/N-ethyl adjacent to an activating group) is 1. The summed E-state index contributed by atoms with van der Waals surface area (Å²) in [5.41, 5.74) is 18.5. The lowest BCUT2D eigenvalue weighted by Crippen LogP contribution is -2.61. The van der Waals surface area contributed by atoms with Crippen LogP contribution in [0.1, 0.15) is 95.2 Å². The standard InChI is InChI=1S/C68H89ClN18O14/c1-37(2)28-48-61(95)80-47-23-26-74-56(90)36-86(4)57(91)22-21-46(60(94)78-45(59(93)81-48)13-8-25-75-68(71)72)79-65(99)52(33-55(89)76-35-53(58(70)92)85-66(100)54-14-9-27-87(54)67(47)101)84-64(98)51(32-41-10-7-24-73-34-41)83-63(97)50(30-39-16-19-44(69)20-17-39)82-62(96)49(77-38(3)88)31-40-15-18-42-11-5-6-12-43(42)29-40/h5-7,10-12,15-20,24,29,34,37,45-54H,8-9,13-14,21-23,25-28,30-33,35-36H2,1-4H3,(H2,70,92)(H,74,90)(H,76,89)(H,77,88)(H,78,94)(H,79,99)(H,80,95)(H,81,93)(H,82,96)(H,83,97)(H,84,98)(H,85,100)(H4,71,72,75)/t45-,46+,47+,48+,49-,50-,51-,52+,53+,54+/m1/s1. The minimum atomic E-state index is -2.06. The number of nitrogens with zero attached hydrogens (tertiary/aromatic N) is 4. The molecular weight excluding hydrogens is 1330 g/mol. The fourth-order valence-electron chi connectivity index (χ4n) is 11.8. The first-order valence-electron chi connectivity index (χ1n) is 33.3. The maximum absolute atomic E-state index is 15.3. The molecule has 542 valence electrons. The van der Waals surface area contributed by atoms with E-state index in [1.54, 1.807) is 56.3 Å². The van der Waals surface area contributed by atoms with Crippen molar-refractivity contribution in [2.24, 2.45) is 28.1 Å². The number of aromatic nitrogens is 1. The predicted octanol–water partition coefficient (Wildman–Crippen LogP) is -2.85. The number of benzene rings is 3. The van der Waals surface area contributed by atoms with E-state index in [1.807, 2.05) is 36.4 Å². The number of nitrogens with one attached hydrogen (secondary N) is 11. The van der Waals surface area contributed by atoms with Gasteiger partial charge < -0.3 is 85.5 Å². The molecule has 3 saturated heterocycles. The second-order valence-electron chi connectivity index (χ2n) is 25.6. The van der Waals surface area contributed by atoms with Gasteiger partial charge in [-0.1, -0.05) is 86.1 Å². The van der Waals surface area contributed by atoms with Crippen LogP contribution in [-0.2, 0) is 86.4 Å². The van der Waals surface area contributed by atoms with Crippen molar-refractivity contribution >= 4 is 111 Å². The molecule has 3 fully saturated rings. The lowest BCUT2D eigenvalue weighted by Gasteiger charge is -2.31. The second kappa shape index (κ2) is 37.4. The fraction of sp³-hybridized carbons (Fsp3) is 0.471. The van der Waals surface area contributed by atoms with Crippen LogP contribution in [0.4, 0.5) is 0 Å². The van der Waals surface area contributed by atoms with Gasteiger partial charge in [-0.2, -0.15) is 0 Å². The van der Waals surface area contributed by atoms with Crippen LogP contribution in [-0.4, -0.2) is 204 Å². The van der Waals surface area contributed by atoms with Gasteiger partial charge in [-0.3, -0.25) is 77.1 Å². The highest BCUT2D eigenvalue weighted by atomic mass is 35.5. The summed E-state index contributed by atoms with van der Waals surface area (Å²) in [6.45, 7) is 3.12. The number of fused-ring (bicyclic) bond motifs is 11. The molecule has 10 atom stereocenters. The first-order valence-corrected chi connectivity index (χ1v) is 33.7. The maximum Gasteiger partial charge on any atom is 0.245 e. The van der Waals surface area contributed by atoms with E-state index in [0.29, 0.717) is 21.7 Å². The summed E-state index contributed by atoms with van der Waals surface area (Å²) < 4.78 is 0. The molecule has 0 saturated carbocycles. The molecule has 0 spiro atoms. The highest BCUT2D eigenvalue weighted by Gasteiger charge is 2.41. The normalized spacial score (nSPS) is 21.9. The maximum atomic E-state index is 15.3. The highest BCUT2D eigenvalue weighted by molar-refractivity contribution is 6.30. The summed E-state index contributed by atoms with van der Waals surface area (Å²) in [7, 11) is 1.29. The Labute approximate surface area is 588 Å². The minimum Gasteiger partial charge on any atom is -0.370 e. The second-order valence-corrected chi connectivity index (χ2v) is 26.1. The number of primary amides is 1. The largest absolute Gasteiger partial charge is 0.370 e. The Morgan fingerprint density at radius 2 is 1.31 bits per heavy atom. The SMILES string of the molecule is CC(=O)N[C@H](Cc1ccc2ccccc2c1)C(=O)N[C@H](Cc1ccc(Cl)cc1)C(=O)N[C@H](Cc1cccnc1)C(=O)N[C@H]1CC(=O)NC[C@@H](C(N)=O)NC(=O)[C@@H]2CCCN2C(=O)[C@@H]2CCNC(=O)CN(C)C(=O)CC[C@H](NC1=O)C(=O)N[C@H](CCCN=C(N)N)C(=O)N[C@@H](CC(C)C)C(=O)N2. The molecule has 14 amide bonds. The summed E-state index contributed by atoms with van der Waals surface area (Å²) >= 11 is 6.26. The summed E-state index contributed by atoms with van der Waals surface area (Å²) in [6, 6.07) is 6.82. The summed E-state index contributed by atoms with van der Waals surface area (Å²) in [6.07, 6.45) is -0.0474. The summed E-state index contributed by atoms with van der Waals surface area (Å²) in [4.78, 5) is 211. The molecular formula is C68H89ClN18O14. The van der Waals surface area contributed by atoms with Gasteiger partial charge in [0.25, 0.3) is 0 Å². The number of hydrogen-bond acceptors (Lipinski definition) is 16. The molecule has 4 aromatic rings. The Kier molecular flexibility index (Phi) is 28.7. The van der Waals surface area contributed by atoms with Crippen LogP contribution in [0.2, 0.25) is 5.02 Å². The molecule has 3 aliphatic rings. The Hall–Kier alpha value is -10.8. The van der Waals surface area contributed by atoms with Crippen LogP contribution in [0.5, 0.6) is 0 Å². The molecule has 101 heavy (non-hydrogen) atoms. The Balaban J connectivity index is 1.29. The fourth-order valence-corrected chi connectivity index (χ4v) is 12.0. The van der Waals surface area contributed by atoms with Gasteiger partial charge in [-0.15, -0.1) is 0 Å². The van der Waals surface area contributed by atoms with Crippen LogP contribution < -0.4 is 75.7 Å². The third-order valence-corrected chi connectivity index (χ3v) is 17.4. The zero-order valence-corrected chi connectivity index (χ0v) is 57.4. The van der Waals surface area contributed by atoms with Gasteiger partial charge in [0.15, 0.2) is 5.96 Å². The molecule has 4 heterocycles. The molecule has 1 aromatic heterocycles. The molecule has 3 aromatic carbocycles. The Morgan fingerprint density at radius 3 is 1.98 bits per heavy atom. The average molecular weight is 1420 g/mol. The third-order valence-electron chi connectivity index (χ3n) is 17.1. The number of aliphatic imine (C=N–C) groups is 1. The van der Waals surface area contributed by atoms with Crippen LogP contribution in [0.15, 0.2) is 96.2 Å². The summed E-state index contributed by atoms with van der Waals surface area (Å²) in [5, 5.41) is 30.9. The molecule has 32 nitrogen and oxygen atoms in total. The molecule has 0 unspecified atom stereocenters. The van der Waals surface area contributed by atoms with Gasteiger partial charge in [-0.05, 0) is 96.5 Å². The number of hydrogen-bond donors (Lipinski definition) is 14. The Morgan fingerprint density at radius 1 is 0.663 bits per heavy atom. The minimum absolute atomic E-state index is 0.0156.